The first-order chi connectivity index (χ1) is 9.24. The molecule has 1 aliphatic rings. The van der Waals surface area contributed by atoms with Gasteiger partial charge in [0.25, 0.3) is 0 Å². The van der Waals surface area contributed by atoms with Gasteiger partial charge in [0.1, 0.15) is 11.3 Å². The molecule has 3 rings (SSSR count). The molecule has 0 aliphatic heterocycles. The molecule has 0 radical (unpaired) electrons. The van der Waals surface area contributed by atoms with Crippen LogP contribution in [-0.2, 0) is 26.4 Å². The zero-order valence-electron chi connectivity index (χ0n) is 11.7. The number of alkyl halides is 1. The number of fused-ring (bicyclic) bond motifs is 1. The molecule has 2 heterocycles. The predicted octanol–water partition coefficient (Wildman–Crippen LogP) is 2.91. The van der Waals surface area contributed by atoms with Crippen LogP contribution in [0.3, 0.4) is 0 Å². The van der Waals surface area contributed by atoms with Crippen molar-refractivity contribution in [1.29, 1.82) is 0 Å². The second-order valence-electron chi connectivity index (χ2n) is 5.45. The van der Waals surface area contributed by atoms with Crippen LogP contribution in [0.15, 0.2) is 0 Å². The van der Waals surface area contributed by atoms with Crippen molar-refractivity contribution in [3.05, 3.63) is 11.5 Å². The van der Waals surface area contributed by atoms with E-state index in [2.05, 4.69) is 16.6 Å². The van der Waals surface area contributed by atoms with E-state index in [9.17, 15) is 0 Å². The minimum atomic E-state index is 0.627. The minimum absolute atomic E-state index is 0.627. The van der Waals surface area contributed by atoms with Crippen molar-refractivity contribution < 1.29 is 0 Å². The third-order valence-corrected chi connectivity index (χ3v) is 4.17. The van der Waals surface area contributed by atoms with Crippen LogP contribution in [0.4, 0.5) is 0 Å². The van der Waals surface area contributed by atoms with E-state index in [-0.39, 0.29) is 0 Å². The van der Waals surface area contributed by atoms with Gasteiger partial charge in [0, 0.05) is 25.9 Å². The summed E-state index contributed by atoms with van der Waals surface area (Å²) in [4.78, 5) is 4.79. The van der Waals surface area contributed by atoms with Gasteiger partial charge in [-0.2, -0.15) is 5.10 Å². The largest absolute Gasteiger partial charge is 0.313 e. The maximum atomic E-state index is 5.92. The lowest BCUT2D eigenvalue weighted by atomic mass is 10.3. The maximum Gasteiger partial charge on any atom is 0.158 e. The van der Waals surface area contributed by atoms with Crippen LogP contribution in [0.2, 0.25) is 0 Å². The quantitative estimate of drug-likeness (QED) is 0.763. The number of hydrogen-bond acceptors (Lipinski definition) is 2. The highest BCUT2D eigenvalue weighted by atomic mass is 35.5. The molecule has 2 aromatic heterocycles. The summed E-state index contributed by atoms with van der Waals surface area (Å²) in [7, 11) is 2.02. The summed E-state index contributed by atoms with van der Waals surface area (Å²) in [5.41, 5.74) is 3.33. The molecule has 0 saturated heterocycles. The highest BCUT2D eigenvalue weighted by Gasteiger charge is 2.23. The average molecular weight is 281 g/mol. The second kappa shape index (κ2) is 5.16. The Morgan fingerprint density at radius 3 is 2.79 bits per heavy atom. The van der Waals surface area contributed by atoms with E-state index < -0.39 is 0 Å². The first-order valence-corrected chi connectivity index (χ1v) is 7.75. The minimum Gasteiger partial charge on any atom is -0.313 e. The van der Waals surface area contributed by atoms with Gasteiger partial charge < -0.3 is 4.57 Å². The molecule has 0 atom stereocenters. The Morgan fingerprint density at radius 1 is 1.37 bits per heavy atom. The normalized spacial score (nSPS) is 15.5. The first-order valence-electron chi connectivity index (χ1n) is 7.21. The van der Waals surface area contributed by atoms with Crippen LogP contribution in [0.25, 0.3) is 11.2 Å². The molecule has 0 N–H and O–H groups in total. The molecule has 0 aromatic carbocycles. The smallest absolute Gasteiger partial charge is 0.158 e. The fraction of sp³-hybridized carbons (Fsp3) is 0.714. The summed E-state index contributed by atoms with van der Waals surface area (Å²) >= 11 is 5.92. The zero-order chi connectivity index (χ0) is 13.4. The van der Waals surface area contributed by atoms with Gasteiger partial charge in [-0.3, -0.25) is 4.68 Å². The maximum absolute atomic E-state index is 5.92. The Kier molecular flexibility index (Phi) is 3.52. The SMILES string of the molecule is CCc1nn(C)c2c1nc(CCCl)n2CCC1CC1. The van der Waals surface area contributed by atoms with E-state index in [4.69, 9.17) is 16.6 Å². The third-order valence-electron chi connectivity index (χ3n) is 3.98. The molecule has 19 heavy (non-hydrogen) atoms. The van der Waals surface area contributed by atoms with Gasteiger partial charge in [0.15, 0.2) is 5.65 Å². The van der Waals surface area contributed by atoms with E-state index in [1.165, 1.54) is 19.3 Å². The summed E-state index contributed by atoms with van der Waals surface area (Å²) in [5, 5.41) is 4.57. The topological polar surface area (TPSA) is 35.6 Å². The van der Waals surface area contributed by atoms with E-state index >= 15 is 0 Å². The molecule has 0 spiro atoms. The lowest BCUT2D eigenvalue weighted by molar-refractivity contribution is 0.574. The van der Waals surface area contributed by atoms with Crippen LogP contribution in [0.1, 0.15) is 37.7 Å². The Bertz CT molecular complexity index is 580. The Hall–Kier alpha value is -1.03. The second-order valence-corrected chi connectivity index (χ2v) is 5.82. The average Bonchev–Trinajstić information content (AvgIpc) is 3.08. The highest BCUT2D eigenvalue weighted by molar-refractivity contribution is 6.17. The molecule has 1 fully saturated rings. The molecular formula is C14H21ClN4. The molecule has 0 amide bonds. The number of imidazole rings is 1. The molecule has 0 unspecified atom stereocenters. The predicted molar refractivity (Wildman–Crippen MR) is 77.6 cm³/mol. The number of aromatic nitrogens is 4. The standard InChI is InChI=1S/C14H21ClN4/c1-3-11-13-14(18(2)17-11)19(9-7-10-4-5-10)12(16-13)6-8-15/h10H,3-9H2,1-2H3. The summed E-state index contributed by atoms with van der Waals surface area (Å²) in [6.07, 6.45) is 5.82. The summed E-state index contributed by atoms with van der Waals surface area (Å²) in [6.45, 7) is 3.18. The molecule has 5 heteroatoms. The number of nitrogens with zero attached hydrogens (tertiary/aromatic N) is 4. The lowest BCUT2D eigenvalue weighted by Crippen LogP contribution is -2.09. The van der Waals surface area contributed by atoms with Crippen molar-refractivity contribution in [2.24, 2.45) is 13.0 Å². The fourth-order valence-corrected chi connectivity index (χ4v) is 2.92. The number of rotatable bonds is 6. The van der Waals surface area contributed by atoms with Crippen LogP contribution in [0, 0.1) is 5.92 Å². The van der Waals surface area contributed by atoms with Crippen LogP contribution >= 0.6 is 11.6 Å². The Morgan fingerprint density at radius 2 is 2.16 bits per heavy atom. The van der Waals surface area contributed by atoms with Crippen LogP contribution in [0.5, 0.6) is 0 Å². The number of aryl methyl sites for hydroxylation is 4. The Labute approximate surface area is 118 Å². The molecule has 4 nitrogen and oxygen atoms in total. The van der Waals surface area contributed by atoms with E-state index in [1.54, 1.807) is 0 Å². The number of hydrogen-bond donors (Lipinski definition) is 0. The molecule has 104 valence electrons. The highest BCUT2D eigenvalue weighted by Crippen LogP contribution is 2.33. The molecule has 1 aliphatic carbocycles. The van der Waals surface area contributed by atoms with Crippen molar-refractivity contribution in [3.63, 3.8) is 0 Å². The first kappa shape index (κ1) is 13.0. The van der Waals surface area contributed by atoms with Gasteiger partial charge in [-0.25, -0.2) is 4.98 Å². The van der Waals surface area contributed by atoms with Gasteiger partial charge in [0.05, 0.1) is 5.69 Å². The third kappa shape index (κ3) is 2.38. The number of halogens is 1. The zero-order valence-corrected chi connectivity index (χ0v) is 12.4. The molecule has 0 bridgehead atoms. The van der Waals surface area contributed by atoms with Crippen molar-refractivity contribution in [2.75, 3.05) is 5.88 Å². The van der Waals surface area contributed by atoms with E-state index in [0.717, 1.165) is 48.0 Å². The monoisotopic (exact) mass is 280 g/mol. The van der Waals surface area contributed by atoms with Crippen molar-refractivity contribution in [1.82, 2.24) is 19.3 Å². The van der Waals surface area contributed by atoms with Gasteiger partial charge in [0.2, 0.25) is 0 Å². The van der Waals surface area contributed by atoms with Crippen molar-refractivity contribution in [3.8, 4) is 0 Å². The van der Waals surface area contributed by atoms with Crippen LogP contribution in [-0.4, -0.2) is 25.2 Å². The van der Waals surface area contributed by atoms with Gasteiger partial charge in [-0.1, -0.05) is 19.8 Å². The Balaban J connectivity index is 2.02. The summed E-state index contributed by atoms with van der Waals surface area (Å²) in [6, 6.07) is 0. The van der Waals surface area contributed by atoms with Crippen molar-refractivity contribution >= 4 is 22.8 Å². The van der Waals surface area contributed by atoms with E-state index in [0.29, 0.717) is 5.88 Å². The van der Waals surface area contributed by atoms with Crippen LogP contribution < -0.4 is 0 Å². The van der Waals surface area contributed by atoms with Gasteiger partial charge in [-0.05, 0) is 18.8 Å². The van der Waals surface area contributed by atoms with Gasteiger partial charge >= 0.3 is 0 Å². The lowest BCUT2D eigenvalue weighted by Gasteiger charge is -2.08. The van der Waals surface area contributed by atoms with E-state index in [1.807, 2.05) is 11.7 Å². The fourth-order valence-electron chi connectivity index (χ4n) is 2.75. The van der Waals surface area contributed by atoms with Crippen molar-refractivity contribution in [2.45, 2.75) is 45.6 Å². The molecular weight excluding hydrogens is 260 g/mol. The summed E-state index contributed by atoms with van der Waals surface area (Å²) < 4.78 is 4.31. The van der Waals surface area contributed by atoms with Gasteiger partial charge in [-0.15, -0.1) is 11.6 Å². The summed E-state index contributed by atoms with van der Waals surface area (Å²) in [5.74, 6) is 2.68. The molecule has 1 saturated carbocycles. The molecule has 2 aromatic rings.